The molecule has 0 bridgehead atoms. The van der Waals surface area contributed by atoms with Gasteiger partial charge < -0.3 is 10.2 Å². The smallest absolute Gasteiger partial charge is 0.228 e. The highest BCUT2D eigenvalue weighted by atomic mass is 16.2. The van der Waals surface area contributed by atoms with E-state index in [0.717, 1.165) is 30.6 Å². The van der Waals surface area contributed by atoms with Crippen LogP contribution in [0.3, 0.4) is 0 Å². The van der Waals surface area contributed by atoms with E-state index in [1.165, 1.54) is 5.56 Å². The molecule has 134 valence electrons. The third-order valence-electron chi connectivity index (χ3n) is 5.65. The van der Waals surface area contributed by atoms with Gasteiger partial charge in [0.15, 0.2) is 0 Å². The molecule has 2 aliphatic rings. The van der Waals surface area contributed by atoms with Crippen LogP contribution in [0, 0.1) is 18.3 Å². The van der Waals surface area contributed by atoms with Crippen molar-refractivity contribution in [1.82, 2.24) is 9.88 Å². The maximum absolute atomic E-state index is 12.6. The van der Waals surface area contributed by atoms with Gasteiger partial charge >= 0.3 is 0 Å². The molecule has 26 heavy (non-hydrogen) atoms. The maximum Gasteiger partial charge on any atom is 0.228 e. The molecule has 2 heterocycles. The fraction of sp³-hybridized carbons (Fsp3) is 0.381. The Bertz CT molecular complexity index is 819. The molecule has 2 atom stereocenters. The second-order valence-electron chi connectivity index (χ2n) is 7.58. The van der Waals surface area contributed by atoms with E-state index in [4.69, 9.17) is 0 Å². The molecular weight excluding hydrogens is 326 g/mol. The number of benzene rings is 1. The standard InChI is InChI=1S/C21H23N3O2/c1-15-4-6-16(7-5-15)11-19(25)24-10-8-21(14-24)12-18(21)20(26)23-17-3-2-9-22-13-17/h2-7,9,13,18H,8,10-12,14H2,1H3,(H,23,26)/t18-,21+/m1/s1. The molecule has 5 nitrogen and oxygen atoms in total. The number of aromatic nitrogens is 1. The summed E-state index contributed by atoms with van der Waals surface area (Å²) in [7, 11) is 0. The minimum absolute atomic E-state index is 0.000110. The molecule has 1 spiro atoms. The van der Waals surface area contributed by atoms with Crippen molar-refractivity contribution >= 4 is 17.5 Å². The van der Waals surface area contributed by atoms with Gasteiger partial charge in [0.05, 0.1) is 18.3 Å². The Morgan fingerprint density at radius 2 is 2.08 bits per heavy atom. The summed E-state index contributed by atoms with van der Waals surface area (Å²) in [6.45, 7) is 3.49. The van der Waals surface area contributed by atoms with Crippen molar-refractivity contribution in [3.05, 3.63) is 59.9 Å². The molecule has 1 aromatic heterocycles. The van der Waals surface area contributed by atoms with Crippen molar-refractivity contribution in [3.63, 3.8) is 0 Å². The first-order valence-corrected chi connectivity index (χ1v) is 9.10. The summed E-state index contributed by atoms with van der Waals surface area (Å²) >= 11 is 0. The summed E-state index contributed by atoms with van der Waals surface area (Å²) < 4.78 is 0. The first kappa shape index (κ1) is 16.8. The number of pyridine rings is 1. The second kappa shape index (κ2) is 6.56. The lowest BCUT2D eigenvalue weighted by atomic mass is 10.0. The largest absolute Gasteiger partial charge is 0.342 e. The molecule has 0 radical (unpaired) electrons. The first-order valence-electron chi connectivity index (χ1n) is 9.10. The van der Waals surface area contributed by atoms with Crippen LogP contribution in [0.25, 0.3) is 0 Å². The first-order chi connectivity index (χ1) is 12.6. The van der Waals surface area contributed by atoms with Crippen LogP contribution < -0.4 is 5.32 Å². The molecule has 1 N–H and O–H groups in total. The average molecular weight is 349 g/mol. The third kappa shape index (κ3) is 3.34. The Labute approximate surface area is 153 Å². The van der Waals surface area contributed by atoms with E-state index >= 15 is 0 Å². The Morgan fingerprint density at radius 3 is 2.81 bits per heavy atom. The molecule has 1 aliphatic carbocycles. The van der Waals surface area contributed by atoms with Crippen LogP contribution in [0.2, 0.25) is 0 Å². The summed E-state index contributed by atoms with van der Waals surface area (Å²) in [5, 5.41) is 2.94. The zero-order valence-electron chi connectivity index (χ0n) is 14.9. The van der Waals surface area contributed by atoms with Crippen LogP contribution in [0.5, 0.6) is 0 Å². The SMILES string of the molecule is Cc1ccc(CC(=O)N2CC[C@]3(C[C@@H]3C(=O)Nc3cccnc3)C2)cc1. The van der Waals surface area contributed by atoms with Crippen LogP contribution in [0.1, 0.15) is 24.0 Å². The topological polar surface area (TPSA) is 62.3 Å². The van der Waals surface area contributed by atoms with Crippen LogP contribution in [0.15, 0.2) is 48.8 Å². The lowest BCUT2D eigenvalue weighted by Gasteiger charge is -2.17. The predicted octanol–water partition coefficient (Wildman–Crippen LogP) is 2.81. The van der Waals surface area contributed by atoms with Crippen LogP contribution >= 0.6 is 0 Å². The number of anilines is 1. The molecule has 2 amide bonds. The third-order valence-corrected chi connectivity index (χ3v) is 5.65. The lowest BCUT2D eigenvalue weighted by Crippen LogP contribution is -2.31. The van der Waals surface area contributed by atoms with E-state index in [-0.39, 0.29) is 23.1 Å². The highest BCUT2D eigenvalue weighted by Crippen LogP contribution is 2.58. The molecule has 2 fully saturated rings. The molecule has 1 saturated carbocycles. The molecule has 1 saturated heterocycles. The van der Waals surface area contributed by atoms with Gasteiger partial charge in [-0.15, -0.1) is 0 Å². The van der Waals surface area contributed by atoms with E-state index < -0.39 is 0 Å². The Kier molecular flexibility index (Phi) is 4.23. The van der Waals surface area contributed by atoms with Crippen LogP contribution in [-0.4, -0.2) is 34.8 Å². The summed E-state index contributed by atoms with van der Waals surface area (Å²) in [5.74, 6) is 0.203. The molecule has 0 unspecified atom stereocenters. The molecule has 1 aromatic carbocycles. The van der Waals surface area contributed by atoms with Gasteiger partial charge in [0.25, 0.3) is 0 Å². The number of amides is 2. The molecule has 5 heteroatoms. The van der Waals surface area contributed by atoms with Crippen molar-refractivity contribution in [3.8, 4) is 0 Å². The van der Waals surface area contributed by atoms with Crippen molar-refractivity contribution < 1.29 is 9.59 Å². The number of aryl methyl sites for hydroxylation is 1. The predicted molar refractivity (Wildman–Crippen MR) is 99.5 cm³/mol. The minimum atomic E-state index is -0.0186. The van der Waals surface area contributed by atoms with Crippen LogP contribution in [-0.2, 0) is 16.0 Å². The fourth-order valence-electron chi connectivity index (χ4n) is 3.94. The Balaban J connectivity index is 1.33. The number of hydrogen-bond donors (Lipinski definition) is 1. The van der Waals surface area contributed by atoms with E-state index in [2.05, 4.69) is 10.3 Å². The van der Waals surface area contributed by atoms with E-state index in [9.17, 15) is 9.59 Å². The molecule has 2 aromatic rings. The van der Waals surface area contributed by atoms with Gasteiger partial charge in [-0.2, -0.15) is 0 Å². The quantitative estimate of drug-likeness (QED) is 0.923. The van der Waals surface area contributed by atoms with E-state index in [1.807, 2.05) is 42.2 Å². The van der Waals surface area contributed by atoms with Gasteiger partial charge in [-0.05, 0) is 37.5 Å². The van der Waals surface area contributed by atoms with Gasteiger partial charge in [0, 0.05) is 30.6 Å². The fourth-order valence-corrected chi connectivity index (χ4v) is 3.94. The monoisotopic (exact) mass is 349 g/mol. The molecule has 4 rings (SSSR count). The Hall–Kier alpha value is -2.69. The number of likely N-dealkylation sites (tertiary alicyclic amines) is 1. The van der Waals surface area contributed by atoms with Crippen molar-refractivity contribution in [2.24, 2.45) is 11.3 Å². The van der Waals surface area contributed by atoms with Gasteiger partial charge in [-0.25, -0.2) is 0 Å². The number of carbonyl (C=O) groups excluding carboxylic acids is 2. The number of carbonyl (C=O) groups is 2. The number of nitrogens with one attached hydrogen (secondary N) is 1. The van der Waals surface area contributed by atoms with Crippen molar-refractivity contribution in [2.75, 3.05) is 18.4 Å². The number of nitrogens with zero attached hydrogens (tertiary/aromatic N) is 2. The van der Waals surface area contributed by atoms with Gasteiger partial charge in [-0.1, -0.05) is 29.8 Å². The second-order valence-corrected chi connectivity index (χ2v) is 7.58. The highest BCUT2D eigenvalue weighted by Gasteiger charge is 2.61. The zero-order valence-corrected chi connectivity index (χ0v) is 14.9. The summed E-state index contributed by atoms with van der Waals surface area (Å²) in [6, 6.07) is 11.7. The maximum atomic E-state index is 12.6. The van der Waals surface area contributed by atoms with Gasteiger partial charge in [0.2, 0.25) is 11.8 Å². The minimum Gasteiger partial charge on any atom is -0.342 e. The molecule has 1 aliphatic heterocycles. The van der Waals surface area contributed by atoms with Crippen molar-refractivity contribution in [1.29, 1.82) is 0 Å². The highest BCUT2D eigenvalue weighted by molar-refractivity contribution is 5.95. The normalized spacial score (nSPS) is 23.9. The zero-order chi connectivity index (χ0) is 18.1. The lowest BCUT2D eigenvalue weighted by molar-refractivity contribution is -0.129. The van der Waals surface area contributed by atoms with Crippen molar-refractivity contribution in [2.45, 2.75) is 26.2 Å². The Morgan fingerprint density at radius 1 is 1.27 bits per heavy atom. The summed E-state index contributed by atoms with van der Waals surface area (Å²) in [4.78, 5) is 31.0. The number of hydrogen-bond acceptors (Lipinski definition) is 3. The van der Waals surface area contributed by atoms with Crippen LogP contribution in [0.4, 0.5) is 5.69 Å². The van der Waals surface area contributed by atoms with E-state index in [1.54, 1.807) is 18.5 Å². The summed E-state index contributed by atoms with van der Waals surface area (Å²) in [5.41, 5.74) is 2.95. The van der Waals surface area contributed by atoms with E-state index in [0.29, 0.717) is 13.0 Å². The molecular formula is C21H23N3O2. The number of rotatable bonds is 4. The average Bonchev–Trinajstić information content (AvgIpc) is 3.18. The van der Waals surface area contributed by atoms with Gasteiger partial charge in [-0.3, -0.25) is 14.6 Å². The summed E-state index contributed by atoms with van der Waals surface area (Å²) in [6.07, 6.45) is 5.55. The van der Waals surface area contributed by atoms with Gasteiger partial charge in [0.1, 0.15) is 0 Å².